The normalized spacial score (nSPS) is 10.7. The number of nitrogens with one attached hydrogen (secondary N) is 1. The Hall–Kier alpha value is -1.69. The number of aromatic amines is 1. The first-order valence-electron chi connectivity index (χ1n) is 4.91. The van der Waals surface area contributed by atoms with Crippen molar-refractivity contribution in [1.29, 1.82) is 0 Å². The van der Waals surface area contributed by atoms with Crippen molar-refractivity contribution in [3.05, 3.63) is 43.5 Å². The third-order valence-electron chi connectivity index (χ3n) is 2.32. The van der Waals surface area contributed by atoms with Crippen LogP contribution in [0.1, 0.15) is 6.92 Å². The summed E-state index contributed by atoms with van der Waals surface area (Å²) in [6, 6.07) is 4.98. The number of Topliss-reactive ketones (excluding diaryl/α,β-unsaturated/α-hetero) is 1. The molecule has 0 radical (unpaired) electrons. The lowest BCUT2D eigenvalue weighted by molar-refractivity contribution is -0.117. The Labute approximate surface area is 104 Å². The highest BCUT2D eigenvalue weighted by molar-refractivity contribution is 9.10. The molecule has 0 bridgehead atoms. The molecule has 2 aromatic rings. The van der Waals surface area contributed by atoms with Crippen LogP contribution in [0, 0.1) is 0 Å². The van der Waals surface area contributed by atoms with E-state index in [-0.39, 0.29) is 12.3 Å². The van der Waals surface area contributed by atoms with Gasteiger partial charge in [0.1, 0.15) is 5.78 Å². The van der Waals surface area contributed by atoms with Crippen LogP contribution in [0.25, 0.3) is 10.9 Å². The Bertz CT molecular complexity index is 715. The zero-order chi connectivity index (χ0) is 12.6. The summed E-state index contributed by atoms with van der Waals surface area (Å²) in [6.07, 6.45) is 0. The van der Waals surface area contributed by atoms with Crippen LogP contribution in [-0.4, -0.2) is 15.3 Å². The fourth-order valence-electron chi connectivity index (χ4n) is 1.59. The summed E-state index contributed by atoms with van der Waals surface area (Å²) in [5, 5.41) is 0.375. The average Bonchev–Trinajstić information content (AvgIpc) is 2.25. The monoisotopic (exact) mass is 296 g/mol. The molecule has 0 atom stereocenters. The number of benzene rings is 1. The lowest BCUT2D eigenvalue weighted by atomic mass is 10.2. The molecular formula is C11H9BrN2O3. The summed E-state index contributed by atoms with van der Waals surface area (Å²) in [4.78, 5) is 37.2. The van der Waals surface area contributed by atoms with Gasteiger partial charge in [0.25, 0.3) is 5.56 Å². The van der Waals surface area contributed by atoms with E-state index in [0.717, 1.165) is 9.04 Å². The Morgan fingerprint density at radius 1 is 1.41 bits per heavy atom. The van der Waals surface area contributed by atoms with Gasteiger partial charge in [-0.1, -0.05) is 15.9 Å². The maximum Gasteiger partial charge on any atom is 0.329 e. The molecule has 1 heterocycles. The molecule has 0 aliphatic carbocycles. The van der Waals surface area contributed by atoms with Gasteiger partial charge in [-0.15, -0.1) is 0 Å². The molecule has 6 heteroatoms. The van der Waals surface area contributed by atoms with Crippen molar-refractivity contribution in [2.45, 2.75) is 13.5 Å². The van der Waals surface area contributed by atoms with E-state index in [2.05, 4.69) is 20.9 Å². The van der Waals surface area contributed by atoms with Gasteiger partial charge in [0.15, 0.2) is 0 Å². The lowest BCUT2D eigenvalue weighted by Crippen LogP contribution is -2.36. The van der Waals surface area contributed by atoms with Crippen molar-refractivity contribution in [3.63, 3.8) is 0 Å². The minimum absolute atomic E-state index is 0.212. The molecule has 2 rings (SSSR count). The summed E-state index contributed by atoms with van der Waals surface area (Å²) in [5.74, 6) is -0.244. The van der Waals surface area contributed by atoms with Crippen LogP contribution in [0.3, 0.4) is 0 Å². The van der Waals surface area contributed by atoms with E-state index in [4.69, 9.17) is 0 Å². The van der Waals surface area contributed by atoms with Crippen LogP contribution in [0.15, 0.2) is 32.3 Å². The zero-order valence-electron chi connectivity index (χ0n) is 8.99. The Morgan fingerprint density at radius 3 is 2.76 bits per heavy atom. The molecule has 1 aromatic heterocycles. The summed E-state index contributed by atoms with van der Waals surface area (Å²) in [7, 11) is 0. The topological polar surface area (TPSA) is 71.9 Å². The Balaban J connectivity index is 2.83. The number of hydrogen-bond acceptors (Lipinski definition) is 3. The van der Waals surface area contributed by atoms with Crippen molar-refractivity contribution < 1.29 is 4.79 Å². The number of hydrogen-bond donors (Lipinski definition) is 1. The number of ketones is 1. The predicted molar refractivity (Wildman–Crippen MR) is 67.2 cm³/mol. The number of rotatable bonds is 2. The molecule has 0 amide bonds. The van der Waals surface area contributed by atoms with Crippen LogP contribution in [0.4, 0.5) is 0 Å². The summed E-state index contributed by atoms with van der Waals surface area (Å²) >= 11 is 3.25. The van der Waals surface area contributed by atoms with Crippen molar-refractivity contribution in [2.24, 2.45) is 0 Å². The van der Waals surface area contributed by atoms with Crippen LogP contribution >= 0.6 is 15.9 Å². The summed E-state index contributed by atoms with van der Waals surface area (Å²) in [5.41, 5.74) is -0.566. The van der Waals surface area contributed by atoms with Gasteiger partial charge < -0.3 is 4.98 Å². The smallest absolute Gasteiger partial charge is 0.307 e. The number of halogens is 1. The molecule has 1 N–H and O–H groups in total. The minimum Gasteiger partial charge on any atom is -0.307 e. The fraction of sp³-hybridized carbons (Fsp3) is 0.182. The predicted octanol–water partition coefficient (Wildman–Crippen LogP) is 1.04. The highest BCUT2D eigenvalue weighted by Crippen LogP contribution is 2.13. The number of nitrogens with zero attached hydrogens (tertiary/aromatic N) is 1. The third-order valence-corrected chi connectivity index (χ3v) is 2.82. The van der Waals surface area contributed by atoms with E-state index in [1.807, 2.05) is 0 Å². The molecule has 0 fully saturated rings. The Morgan fingerprint density at radius 2 is 2.12 bits per heavy atom. The van der Waals surface area contributed by atoms with Crippen LogP contribution in [0.2, 0.25) is 0 Å². The van der Waals surface area contributed by atoms with Crippen LogP contribution in [-0.2, 0) is 11.3 Å². The maximum atomic E-state index is 12.0. The first-order valence-corrected chi connectivity index (χ1v) is 5.70. The van der Waals surface area contributed by atoms with Crippen molar-refractivity contribution in [3.8, 4) is 0 Å². The summed E-state index contributed by atoms with van der Waals surface area (Å²) in [6.45, 7) is 1.12. The SMILES string of the molecule is CC(=O)Cn1c(=O)[nH]c2ccc(Br)cc2c1=O. The molecule has 0 spiro atoms. The molecule has 1 aromatic carbocycles. The second kappa shape index (κ2) is 4.29. The van der Waals surface area contributed by atoms with E-state index >= 15 is 0 Å². The molecule has 0 saturated carbocycles. The van der Waals surface area contributed by atoms with Gasteiger partial charge in [0, 0.05) is 4.47 Å². The standard InChI is InChI=1S/C11H9BrN2O3/c1-6(15)5-14-10(16)8-4-7(12)2-3-9(8)13-11(14)17/h2-4H,5H2,1H3,(H,13,17). The number of fused-ring (bicyclic) bond motifs is 1. The largest absolute Gasteiger partial charge is 0.329 e. The molecule has 17 heavy (non-hydrogen) atoms. The van der Waals surface area contributed by atoms with Crippen molar-refractivity contribution in [2.75, 3.05) is 0 Å². The van der Waals surface area contributed by atoms with E-state index in [1.54, 1.807) is 18.2 Å². The number of carbonyl (C=O) groups excluding carboxylic acids is 1. The molecule has 0 saturated heterocycles. The highest BCUT2D eigenvalue weighted by atomic mass is 79.9. The van der Waals surface area contributed by atoms with E-state index in [1.165, 1.54) is 6.92 Å². The maximum absolute atomic E-state index is 12.0. The number of carbonyl (C=O) groups is 1. The first kappa shape index (κ1) is 11.8. The molecule has 0 aliphatic heterocycles. The molecular weight excluding hydrogens is 288 g/mol. The second-order valence-electron chi connectivity index (χ2n) is 3.71. The fourth-order valence-corrected chi connectivity index (χ4v) is 1.95. The first-order chi connectivity index (χ1) is 7.99. The van der Waals surface area contributed by atoms with E-state index < -0.39 is 11.2 Å². The van der Waals surface area contributed by atoms with Gasteiger partial charge in [0.2, 0.25) is 0 Å². The van der Waals surface area contributed by atoms with Gasteiger partial charge in [0.05, 0.1) is 17.4 Å². The minimum atomic E-state index is -0.569. The molecule has 0 unspecified atom stereocenters. The third kappa shape index (κ3) is 2.21. The molecule has 5 nitrogen and oxygen atoms in total. The van der Waals surface area contributed by atoms with Crippen LogP contribution in [0.5, 0.6) is 0 Å². The molecule has 88 valence electrons. The second-order valence-corrected chi connectivity index (χ2v) is 4.63. The van der Waals surface area contributed by atoms with Gasteiger partial charge in [-0.25, -0.2) is 4.79 Å². The zero-order valence-corrected chi connectivity index (χ0v) is 10.6. The van der Waals surface area contributed by atoms with Gasteiger partial charge in [-0.2, -0.15) is 0 Å². The lowest BCUT2D eigenvalue weighted by Gasteiger charge is -2.04. The van der Waals surface area contributed by atoms with Crippen LogP contribution < -0.4 is 11.2 Å². The quantitative estimate of drug-likeness (QED) is 0.900. The van der Waals surface area contributed by atoms with Gasteiger partial charge in [-0.05, 0) is 25.1 Å². The Kier molecular flexibility index (Phi) is 2.97. The average molecular weight is 297 g/mol. The highest BCUT2D eigenvalue weighted by Gasteiger charge is 2.09. The van der Waals surface area contributed by atoms with E-state index in [9.17, 15) is 14.4 Å². The number of aromatic nitrogens is 2. The van der Waals surface area contributed by atoms with Crippen molar-refractivity contribution in [1.82, 2.24) is 9.55 Å². The molecule has 0 aliphatic rings. The van der Waals surface area contributed by atoms with E-state index in [0.29, 0.717) is 10.9 Å². The van der Waals surface area contributed by atoms with Crippen molar-refractivity contribution >= 4 is 32.6 Å². The summed E-state index contributed by atoms with van der Waals surface area (Å²) < 4.78 is 1.64. The van der Waals surface area contributed by atoms with Gasteiger partial charge >= 0.3 is 5.69 Å². The number of H-pyrrole nitrogens is 1. The van der Waals surface area contributed by atoms with Gasteiger partial charge in [-0.3, -0.25) is 14.2 Å².